The average Bonchev–Trinajstić information content (AvgIpc) is 2.91. The molecule has 1 aliphatic carbocycles. The number of rotatable bonds is 3. The molecule has 1 heterocycles. The minimum Gasteiger partial charge on any atom is -0.463 e. The van der Waals surface area contributed by atoms with Gasteiger partial charge in [-0.3, -0.25) is 0 Å². The summed E-state index contributed by atoms with van der Waals surface area (Å²) in [6.07, 6.45) is 7.60. The molecule has 2 aliphatic rings. The van der Waals surface area contributed by atoms with E-state index in [1.807, 2.05) is 30.4 Å². The Bertz CT molecular complexity index is 579. The van der Waals surface area contributed by atoms with E-state index in [0.29, 0.717) is 11.3 Å². The van der Waals surface area contributed by atoms with E-state index < -0.39 is 11.9 Å². The van der Waals surface area contributed by atoms with Gasteiger partial charge in [0.2, 0.25) is 5.88 Å². The smallest absolute Gasteiger partial charge is 0.338 e. The van der Waals surface area contributed by atoms with Crippen molar-refractivity contribution < 1.29 is 14.3 Å². The molecule has 1 unspecified atom stereocenters. The Morgan fingerprint density at radius 1 is 1.50 bits per heavy atom. The highest BCUT2D eigenvalue weighted by atomic mass is 16.5. The van der Waals surface area contributed by atoms with Crippen molar-refractivity contribution in [2.45, 2.75) is 13.8 Å². The van der Waals surface area contributed by atoms with E-state index in [4.69, 9.17) is 15.2 Å². The first-order chi connectivity index (χ1) is 9.60. The van der Waals surface area contributed by atoms with Crippen LogP contribution in [0.4, 0.5) is 0 Å². The number of nitriles is 1. The highest BCUT2D eigenvalue weighted by Gasteiger charge is 2.38. The van der Waals surface area contributed by atoms with Gasteiger partial charge in [-0.25, -0.2) is 4.79 Å². The molecular weight excluding hydrogens is 256 g/mol. The number of carbonyl (C=O) groups excluding carboxylic acids is 1. The minimum atomic E-state index is -0.469. The van der Waals surface area contributed by atoms with Crippen molar-refractivity contribution in [1.29, 1.82) is 5.26 Å². The van der Waals surface area contributed by atoms with E-state index in [-0.39, 0.29) is 24.0 Å². The van der Waals surface area contributed by atoms with Crippen LogP contribution in [-0.2, 0) is 14.3 Å². The highest BCUT2D eigenvalue weighted by molar-refractivity contribution is 5.91. The molecule has 0 aromatic rings. The molecule has 1 atom stereocenters. The van der Waals surface area contributed by atoms with Gasteiger partial charge in [-0.1, -0.05) is 24.3 Å². The molecule has 0 amide bonds. The van der Waals surface area contributed by atoms with Crippen molar-refractivity contribution in [3.8, 4) is 6.07 Å². The minimum absolute atomic E-state index is 0.0525. The standard InChI is InChI=1S/C15H16N2O3/c1-3-19-15(18)12-9(2)20-14(17)11(8-16)13(12)10-6-4-5-7-10/h4-7,10,13H,3,17H2,1-2H3. The molecule has 0 aromatic heterocycles. The van der Waals surface area contributed by atoms with Crippen molar-refractivity contribution >= 4 is 5.97 Å². The van der Waals surface area contributed by atoms with Gasteiger partial charge >= 0.3 is 5.97 Å². The van der Waals surface area contributed by atoms with Gasteiger partial charge in [-0.05, 0) is 13.8 Å². The number of hydrogen-bond donors (Lipinski definition) is 1. The summed E-state index contributed by atoms with van der Waals surface area (Å²) in [6, 6.07) is 2.05. The van der Waals surface area contributed by atoms with Crippen molar-refractivity contribution in [3.63, 3.8) is 0 Å². The van der Waals surface area contributed by atoms with Gasteiger partial charge in [-0.15, -0.1) is 0 Å². The second-order valence-corrected chi connectivity index (χ2v) is 4.51. The van der Waals surface area contributed by atoms with Gasteiger partial charge in [-0.2, -0.15) is 5.26 Å². The van der Waals surface area contributed by atoms with Crippen LogP contribution >= 0.6 is 0 Å². The molecule has 5 nitrogen and oxygen atoms in total. The summed E-state index contributed by atoms with van der Waals surface area (Å²) in [5.41, 5.74) is 6.40. The highest BCUT2D eigenvalue weighted by Crippen LogP contribution is 2.39. The fourth-order valence-corrected chi connectivity index (χ4v) is 2.45. The number of esters is 1. The first-order valence-corrected chi connectivity index (χ1v) is 6.40. The first kappa shape index (κ1) is 13.9. The predicted molar refractivity (Wildman–Crippen MR) is 72.5 cm³/mol. The van der Waals surface area contributed by atoms with Crippen molar-refractivity contribution in [1.82, 2.24) is 0 Å². The quantitative estimate of drug-likeness (QED) is 0.793. The predicted octanol–water partition coefficient (Wildman–Crippen LogP) is 1.91. The molecule has 1 aliphatic heterocycles. The van der Waals surface area contributed by atoms with Crippen LogP contribution in [0, 0.1) is 23.2 Å². The molecule has 0 radical (unpaired) electrons. The summed E-state index contributed by atoms with van der Waals surface area (Å²) in [5.74, 6) is -0.580. The second-order valence-electron chi connectivity index (χ2n) is 4.51. The SMILES string of the molecule is CCOC(=O)C1=C(C)OC(N)=C(C#N)C1C1C=CC=C1. The number of nitrogens with zero attached hydrogens (tertiary/aromatic N) is 1. The maximum absolute atomic E-state index is 12.2. The van der Waals surface area contributed by atoms with E-state index in [1.165, 1.54) is 0 Å². The van der Waals surface area contributed by atoms with E-state index in [1.54, 1.807) is 13.8 Å². The van der Waals surface area contributed by atoms with Gasteiger partial charge in [0.05, 0.1) is 17.8 Å². The van der Waals surface area contributed by atoms with Gasteiger partial charge in [0.15, 0.2) is 0 Å². The Morgan fingerprint density at radius 3 is 2.70 bits per heavy atom. The lowest BCUT2D eigenvalue weighted by Gasteiger charge is -2.29. The van der Waals surface area contributed by atoms with Crippen molar-refractivity contribution in [2.75, 3.05) is 6.61 Å². The topological polar surface area (TPSA) is 85.3 Å². The molecule has 0 aromatic carbocycles. The number of allylic oxidation sites excluding steroid dienone is 6. The third-order valence-electron chi connectivity index (χ3n) is 3.31. The Morgan fingerprint density at radius 2 is 2.15 bits per heavy atom. The van der Waals surface area contributed by atoms with E-state index in [0.717, 1.165) is 0 Å². The summed E-state index contributed by atoms with van der Waals surface area (Å²) >= 11 is 0. The zero-order valence-electron chi connectivity index (χ0n) is 11.4. The fraction of sp³-hybridized carbons (Fsp3) is 0.333. The largest absolute Gasteiger partial charge is 0.463 e. The Labute approximate surface area is 117 Å². The van der Waals surface area contributed by atoms with Crippen LogP contribution < -0.4 is 5.73 Å². The zero-order valence-corrected chi connectivity index (χ0v) is 11.4. The number of carbonyl (C=O) groups is 1. The number of nitrogens with two attached hydrogens (primary N) is 1. The molecule has 0 spiro atoms. The molecule has 0 saturated heterocycles. The van der Waals surface area contributed by atoms with E-state index >= 15 is 0 Å². The second kappa shape index (κ2) is 5.66. The first-order valence-electron chi connectivity index (χ1n) is 6.40. The van der Waals surface area contributed by atoms with Crippen molar-refractivity contribution in [2.24, 2.45) is 17.6 Å². The Kier molecular flexibility index (Phi) is 3.94. The van der Waals surface area contributed by atoms with Crippen LogP contribution in [0.25, 0.3) is 0 Å². The number of hydrogen-bond acceptors (Lipinski definition) is 5. The van der Waals surface area contributed by atoms with Crippen LogP contribution in [0.15, 0.2) is 47.1 Å². The summed E-state index contributed by atoms with van der Waals surface area (Å²) < 4.78 is 10.4. The number of ether oxygens (including phenoxy) is 2. The third-order valence-corrected chi connectivity index (χ3v) is 3.31. The summed E-state index contributed by atoms with van der Waals surface area (Å²) in [5, 5.41) is 9.32. The lowest BCUT2D eigenvalue weighted by atomic mass is 9.79. The molecule has 20 heavy (non-hydrogen) atoms. The lowest BCUT2D eigenvalue weighted by molar-refractivity contribution is -0.139. The Balaban J connectivity index is 2.48. The fourth-order valence-electron chi connectivity index (χ4n) is 2.45. The average molecular weight is 272 g/mol. The van der Waals surface area contributed by atoms with Crippen LogP contribution in [-0.4, -0.2) is 12.6 Å². The van der Waals surface area contributed by atoms with E-state index in [9.17, 15) is 10.1 Å². The summed E-state index contributed by atoms with van der Waals surface area (Å²) in [7, 11) is 0. The lowest BCUT2D eigenvalue weighted by Crippen LogP contribution is -2.30. The van der Waals surface area contributed by atoms with Crippen LogP contribution in [0.5, 0.6) is 0 Å². The molecule has 2 rings (SSSR count). The van der Waals surface area contributed by atoms with E-state index in [2.05, 4.69) is 0 Å². The van der Waals surface area contributed by atoms with Crippen molar-refractivity contribution in [3.05, 3.63) is 47.1 Å². The molecule has 104 valence electrons. The molecular formula is C15H16N2O3. The molecule has 2 N–H and O–H groups in total. The Hall–Kier alpha value is -2.48. The maximum atomic E-state index is 12.2. The third kappa shape index (κ3) is 2.32. The normalized spacial score (nSPS) is 21.9. The summed E-state index contributed by atoms with van der Waals surface area (Å²) in [4.78, 5) is 12.2. The molecule has 0 bridgehead atoms. The van der Waals surface area contributed by atoms with Crippen LogP contribution in [0.1, 0.15) is 13.8 Å². The zero-order chi connectivity index (χ0) is 14.7. The van der Waals surface area contributed by atoms with Gasteiger partial charge in [0.1, 0.15) is 11.8 Å². The molecule has 0 saturated carbocycles. The maximum Gasteiger partial charge on any atom is 0.338 e. The molecule has 0 fully saturated rings. The van der Waals surface area contributed by atoms with Gasteiger partial charge in [0.25, 0.3) is 0 Å². The van der Waals surface area contributed by atoms with Crippen LogP contribution in [0.2, 0.25) is 0 Å². The summed E-state index contributed by atoms with van der Waals surface area (Å²) in [6.45, 7) is 3.65. The van der Waals surface area contributed by atoms with Crippen LogP contribution in [0.3, 0.4) is 0 Å². The van der Waals surface area contributed by atoms with Gasteiger partial charge in [0, 0.05) is 11.8 Å². The van der Waals surface area contributed by atoms with Gasteiger partial charge < -0.3 is 15.2 Å². The monoisotopic (exact) mass is 272 g/mol. The molecule has 5 heteroatoms.